The molecule has 2 aliphatic carbocycles. The molecule has 1 spiro atoms. The molecule has 0 aromatic carbocycles. The summed E-state index contributed by atoms with van der Waals surface area (Å²) < 4.78 is 5.61. The van der Waals surface area contributed by atoms with Gasteiger partial charge in [0.15, 0.2) is 6.10 Å². The predicted molar refractivity (Wildman–Crippen MR) is 86.0 cm³/mol. The molecule has 3 fully saturated rings. The van der Waals surface area contributed by atoms with Gasteiger partial charge in [0, 0.05) is 11.5 Å². The summed E-state index contributed by atoms with van der Waals surface area (Å²) in [6, 6.07) is 0. The molecule has 2 N–H and O–H groups in total. The second kappa shape index (κ2) is 6.03. The number of ether oxygens (including phenoxy) is 1. The Morgan fingerprint density at radius 3 is 2.29 bits per heavy atom. The van der Waals surface area contributed by atoms with Crippen molar-refractivity contribution in [2.45, 2.75) is 49.2 Å². The highest BCUT2D eigenvalue weighted by molar-refractivity contribution is 8.21. The molecule has 3 rings (SSSR count). The molecule has 3 aliphatic rings. The van der Waals surface area contributed by atoms with Crippen LogP contribution in [0.15, 0.2) is 0 Å². The largest absolute Gasteiger partial charge is 0.452 e. The van der Waals surface area contributed by atoms with E-state index in [0.29, 0.717) is 15.9 Å². The van der Waals surface area contributed by atoms with Crippen LogP contribution in [0.5, 0.6) is 0 Å². The number of carbonyl (C=O) groups is 2. The lowest BCUT2D eigenvalue weighted by atomic mass is 9.67. The van der Waals surface area contributed by atoms with Crippen LogP contribution in [-0.4, -0.2) is 33.6 Å². The normalized spacial score (nSPS) is 35.4. The highest BCUT2D eigenvalue weighted by atomic mass is 32.2. The third-order valence-electron chi connectivity index (χ3n) is 5.15. The molecule has 2 saturated carbocycles. The van der Waals surface area contributed by atoms with Gasteiger partial charge in [-0.3, -0.25) is 9.59 Å². The minimum atomic E-state index is -0.816. The second-order valence-electron chi connectivity index (χ2n) is 6.39. The van der Waals surface area contributed by atoms with E-state index < -0.39 is 12.0 Å². The maximum absolute atomic E-state index is 12.3. The fourth-order valence-corrected chi connectivity index (χ4v) is 8.07. The summed E-state index contributed by atoms with van der Waals surface area (Å²) in [5, 5.41) is 0. The highest BCUT2D eigenvalue weighted by Gasteiger charge is 2.55. The van der Waals surface area contributed by atoms with Crippen molar-refractivity contribution in [3.8, 4) is 0 Å². The van der Waals surface area contributed by atoms with Crippen molar-refractivity contribution in [2.24, 2.45) is 23.5 Å². The highest BCUT2D eigenvalue weighted by Crippen LogP contribution is 2.64. The molecule has 1 amide bonds. The van der Waals surface area contributed by atoms with Crippen molar-refractivity contribution < 1.29 is 14.3 Å². The summed E-state index contributed by atoms with van der Waals surface area (Å²) in [5.41, 5.74) is 5.18. The molecule has 118 valence electrons. The second-order valence-corrected chi connectivity index (χ2v) is 9.40. The Morgan fingerprint density at radius 2 is 1.76 bits per heavy atom. The third kappa shape index (κ3) is 2.81. The van der Waals surface area contributed by atoms with Crippen molar-refractivity contribution in [2.75, 3.05) is 11.5 Å². The minimum absolute atomic E-state index is 0.0467. The molecule has 1 saturated heterocycles. The third-order valence-corrected chi connectivity index (χ3v) is 9.16. The zero-order valence-corrected chi connectivity index (χ0v) is 14.0. The van der Waals surface area contributed by atoms with Gasteiger partial charge in [-0.1, -0.05) is 6.42 Å². The SMILES string of the molecule is C[C@@H](OC(=O)C1C[C@H]2CCC[C@@H](C1)C21SCCS1)C(N)=O. The maximum atomic E-state index is 12.3. The Bertz CT molecular complexity index is 421. The lowest BCUT2D eigenvalue weighted by Crippen LogP contribution is -2.48. The number of carbonyl (C=O) groups excluding carboxylic acids is 2. The Labute approximate surface area is 134 Å². The lowest BCUT2D eigenvalue weighted by Gasteiger charge is -2.51. The molecule has 0 aromatic rings. The molecular formula is C15H23NO3S2. The van der Waals surface area contributed by atoms with Crippen LogP contribution < -0.4 is 5.73 Å². The van der Waals surface area contributed by atoms with E-state index in [1.807, 2.05) is 0 Å². The van der Waals surface area contributed by atoms with Crippen LogP contribution in [0.2, 0.25) is 0 Å². The number of rotatable bonds is 3. The molecule has 4 atom stereocenters. The van der Waals surface area contributed by atoms with Crippen LogP contribution in [0.25, 0.3) is 0 Å². The molecule has 2 bridgehead atoms. The first kappa shape index (κ1) is 15.5. The summed E-state index contributed by atoms with van der Waals surface area (Å²) in [6.07, 6.45) is 4.76. The van der Waals surface area contributed by atoms with E-state index in [2.05, 4.69) is 23.5 Å². The molecule has 0 radical (unpaired) electrons. The topological polar surface area (TPSA) is 69.4 Å². The van der Waals surface area contributed by atoms with E-state index >= 15 is 0 Å². The molecule has 6 heteroatoms. The van der Waals surface area contributed by atoms with Crippen molar-refractivity contribution in [1.29, 1.82) is 0 Å². The number of hydrogen-bond donors (Lipinski definition) is 1. The van der Waals surface area contributed by atoms with Gasteiger partial charge in [0.25, 0.3) is 5.91 Å². The van der Waals surface area contributed by atoms with Crippen molar-refractivity contribution >= 4 is 35.4 Å². The average Bonchev–Trinajstić information content (AvgIpc) is 2.87. The minimum Gasteiger partial charge on any atom is -0.452 e. The van der Waals surface area contributed by atoms with Crippen LogP contribution >= 0.6 is 23.5 Å². The van der Waals surface area contributed by atoms with E-state index in [9.17, 15) is 9.59 Å². The van der Waals surface area contributed by atoms with Crippen LogP contribution in [0.4, 0.5) is 0 Å². The van der Waals surface area contributed by atoms with Crippen LogP contribution in [-0.2, 0) is 14.3 Å². The summed E-state index contributed by atoms with van der Waals surface area (Å²) in [4.78, 5) is 23.4. The number of amides is 1. The van der Waals surface area contributed by atoms with Crippen LogP contribution in [0.1, 0.15) is 39.0 Å². The first-order valence-electron chi connectivity index (χ1n) is 7.80. The number of nitrogens with two attached hydrogens (primary N) is 1. The van der Waals surface area contributed by atoms with Gasteiger partial charge in [0.1, 0.15) is 0 Å². The monoisotopic (exact) mass is 329 g/mol. The molecular weight excluding hydrogens is 306 g/mol. The van der Waals surface area contributed by atoms with E-state index in [1.165, 1.54) is 30.8 Å². The van der Waals surface area contributed by atoms with Crippen molar-refractivity contribution in [3.63, 3.8) is 0 Å². The zero-order valence-electron chi connectivity index (χ0n) is 12.4. The Morgan fingerprint density at radius 1 is 1.19 bits per heavy atom. The van der Waals surface area contributed by atoms with Gasteiger partial charge in [-0.05, 0) is 44.4 Å². The van der Waals surface area contributed by atoms with Gasteiger partial charge in [-0.15, -0.1) is 23.5 Å². The number of thioether (sulfide) groups is 2. The van der Waals surface area contributed by atoms with E-state index in [0.717, 1.165) is 12.8 Å². The molecule has 21 heavy (non-hydrogen) atoms. The maximum Gasteiger partial charge on any atom is 0.309 e. The number of primary amides is 1. The van der Waals surface area contributed by atoms with E-state index in [1.54, 1.807) is 6.92 Å². The van der Waals surface area contributed by atoms with Gasteiger partial charge in [0.2, 0.25) is 0 Å². The van der Waals surface area contributed by atoms with Gasteiger partial charge < -0.3 is 10.5 Å². The van der Waals surface area contributed by atoms with Gasteiger partial charge in [-0.25, -0.2) is 0 Å². The molecule has 0 aromatic heterocycles. The fourth-order valence-electron chi connectivity index (χ4n) is 4.13. The fraction of sp³-hybridized carbons (Fsp3) is 0.867. The Hall–Kier alpha value is -0.360. The summed E-state index contributed by atoms with van der Waals surface area (Å²) in [7, 11) is 0. The van der Waals surface area contributed by atoms with Crippen molar-refractivity contribution in [3.05, 3.63) is 0 Å². The number of esters is 1. The molecule has 1 heterocycles. The first-order chi connectivity index (χ1) is 10.0. The molecule has 4 nitrogen and oxygen atoms in total. The van der Waals surface area contributed by atoms with Crippen LogP contribution in [0, 0.1) is 17.8 Å². The van der Waals surface area contributed by atoms with Gasteiger partial charge in [0.05, 0.1) is 10.00 Å². The van der Waals surface area contributed by atoms with Gasteiger partial charge in [-0.2, -0.15) is 0 Å². The Balaban J connectivity index is 1.68. The average molecular weight is 329 g/mol. The van der Waals surface area contributed by atoms with E-state index in [4.69, 9.17) is 10.5 Å². The summed E-state index contributed by atoms with van der Waals surface area (Å²) in [5.74, 6) is 2.87. The standard InChI is InChI=1S/C15H23NO3S2/c1-9(13(16)17)19-14(18)10-7-11-3-2-4-12(8-10)15(11)20-5-6-21-15/h9-12H,2-8H2,1H3,(H2,16,17)/t9-,10?,11-,12+/m1/s1. The lowest BCUT2D eigenvalue weighted by molar-refractivity contribution is -0.160. The molecule has 1 aliphatic heterocycles. The zero-order chi connectivity index (χ0) is 15.0. The molecule has 1 unspecified atom stereocenters. The predicted octanol–water partition coefficient (Wildman–Crippen LogP) is 2.41. The quantitative estimate of drug-likeness (QED) is 0.805. The van der Waals surface area contributed by atoms with Gasteiger partial charge >= 0.3 is 5.97 Å². The number of hydrogen-bond acceptors (Lipinski definition) is 5. The van der Waals surface area contributed by atoms with E-state index in [-0.39, 0.29) is 11.9 Å². The first-order valence-corrected chi connectivity index (χ1v) is 9.78. The van der Waals surface area contributed by atoms with Crippen LogP contribution in [0.3, 0.4) is 0 Å². The summed E-state index contributed by atoms with van der Waals surface area (Å²) >= 11 is 4.25. The van der Waals surface area contributed by atoms with Crippen molar-refractivity contribution in [1.82, 2.24) is 0 Å². The summed E-state index contributed by atoms with van der Waals surface area (Å²) in [6.45, 7) is 1.55. The Kier molecular flexibility index (Phi) is 4.46. The smallest absolute Gasteiger partial charge is 0.309 e.